The predicted octanol–water partition coefficient (Wildman–Crippen LogP) is 17.3. The van der Waals surface area contributed by atoms with Gasteiger partial charge in [-0.25, -0.2) is 0 Å². The van der Waals surface area contributed by atoms with E-state index >= 15 is 0 Å². The van der Waals surface area contributed by atoms with Gasteiger partial charge in [0.25, 0.3) is 0 Å². The van der Waals surface area contributed by atoms with Crippen molar-refractivity contribution in [2.24, 2.45) is 80.8 Å². The molecular weight excluding hydrogens is 957 g/mol. The smallest absolute Gasteiger partial charge is 0.0540 e. The lowest BCUT2D eigenvalue weighted by molar-refractivity contribution is -0.0434. The third-order valence-corrected chi connectivity index (χ3v) is 28.7. The predicted molar refractivity (Wildman–Crippen MR) is 325 cm³/mol. The van der Waals surface area contributed by atoms with E-state index in [4.69, 9.17) is 0 Å². The summed E-state index contributed by atoms with van der Waals surface area (Å²) in [6.07, 6.45) is 52.0. The van der Waals surface area contributed by atoms with E-state index in [0.29, 0.717) is 21.7 Å². The fourth-order valence-corrected chi connectivity index (χ4v) is 22.6. The second-order valence-corrected chi connectivity index (χ2v) is 33.4. The van der Waals surface area contributed by atoms with Crippen LogP contribution in [0.3, 0.4) is 0 Å². The first-order valence-corrected chi connectivity index (χ1v) is 35.6. The van der Waals surface area contributed by atoms with Crippen LogP contribution < -0.4 is 0 Å². The first-order valence-electron chi connectivity index (χ1n) is 35.6. The van der Waals surface area contributed by atoms with Crippen molar-refractivity contribution in [2.75, 3.05) is 0 Å². The highest BCUT2D eigenvalue weighted by Gasteiger charge is 2.49. The van der Waals surface area contributed by atoms with Crippen molar-refractivity contribution in [3.63, 3.8) is 0 Å². The molecule has 10 fully saturated rings. The van der Waals surface area contributed by atoms with E-state index in [1.54, 1.807) is 0 Å². The van der Waals surface area contributed by atoms with Crippen molar-refractivity contribution in [1.29, 1.82) is 0 Å². The van der Waals surface area contributed by atoms with E-state index in [-0.39, 0.29) is 24.4 Å². The van der Waals surface area contributed by atoms with Crippen LogP contribution in [0.5, 0.6) is 0 Å². The maximum atomic E-state index is 10.4. The summed E-state index contributed by atoms with van der Waals surface area (Å²) in [7, 11) is 0. The number of rotatable bonds is 15. The Morgan fingerprint density at radius 2 is 0.321 bits per heavy atom. The lowest BCUT2D eigenvalue weighted by Gasteiger charge is -2.54. The Balaban J connectivity index is 0.773. The van der Waals surface area contributed by atoms with Crippen LogP contribution in [0.4, 0.5) is 0 Å². The van der Waals surface area contributed by atoms with Crippen LogP contribution >= 0.6 is 0 Å². The van der Waals surface area contributed by atoms with E-state index in [9.17, 15) is 20.4 Å². The Kier molecular flexibility index (Phi) is 20.4. The van der Waals surface area contributed by atoms with Crippen LogP contribution in [-0.2, 0) is 0 Å². The van der Waals surface area contributed by atoms with Gasteiger partial charge in [-0.2, -0.15) is 0 Å². The molecule has 0 unspecified atom stereocenters. The molecule has 0 saturated heterocycles. The molecule has 10 aliphatic carbocycles. The molecule has 0 radical (unpaired) electrons. The van der Waals surface area contributed by atoms with E-state index in [1.165, 1.54) is 205 Å². The minimum absolute atomic E-state index is 0.0575. The number of hydrogen-bond acceptors (Lipinski definition) is 6. The molecule has 10 aliphatic rings. The molecule has 0 bridgehead atoms. The summed E-state index contributed by atoms with van der Waals surface area (Å²) in [5.74, 6) is 8.31. The number of aliphatic hydroxyl groups excluding tert-OH is 4. The van der Waals surface area contributed by atoms with Gasteiger partial charge in [-0.3, -0.25) is 9.80 Å². The first-order chi connectivity index (χ1) is 37.3. The summed E-state index contributed by atoms with van der Waals surface area (Å²) < 4.78 is 0. The van der Waals surface area contributed by atoms with Crippen LogP contribution in [0.2, 0.25) is 0 Å². The molecule has 450 valence electrons. The molecule has 0 spiro atoms. The quantitative estimate of drug-likeness (QED) is 0.131. The average molecular weight is 1090 g/mol. The van der Waals surface area contributed by atoms with Gasteiger partial charge in [0.05, 0.1) is 24.4 Å². The molecule has 0 aliphatic heterocycles. The zero-order chi connectivity index (χ0) is 55.0. The van der Waals surface area contributed by atoms with Gasteiger partial charge in [-0.05, 0) is 338 Å². The molecule has 10 saturated carbocycles. The van der Waals surface area contributed by atoms with Crippen molar-refractivity contribution in [1.82, 2.24) is 9.80 Å². The molecule has 4 N–H and O–H groups in total. The molecule has 0 amide bonds. The standard InChI is InChI=1S/C72H128N2O4/c1-69(2,55-21-41-65(75)42-22-55)51-13-33-61(34-14-51)73(62-35-15-52(16-36-62)70(3,4)56-23-43-66(76)44-24-56)59-29-9-49(10-30-59)50-11-31-60(32-12-50)74(63-37-17-53(18-38-63)71(5,6)57-25-45-67(77)46-26-57)64-39-19-54(20-40-64)72(7,8)58-27-47-68(78)48-28-58/h49-68,75-78H,9-48H2,1-8H3. The second kappa shape index (κ2) is 26.2. The molecule has 0 heterocycles. The van der Waals surface area contributed by atoms with E-state index in [1.807, 2.05) is 0 Å². The molecule has 78 heavy (non-hydrogen) atoms. The first kappa shape index (κ1) is 60.9. The van der Waals surface area contributed by atoms with Crippen molar-refractivity contribution in [3.05, 3.63) is 0 Å². The van der Waals surface area contributed by atoms with E-state index in [2.05, 4.69) is 65.2 Å². The van der Waals surface area contributed by atoms with Crippen LogP contribution in [0.15, 0.2) is 0 Å². The Labute approximate surface area is 481 Å². The zero-order valence-corrected chi connectivity index (χ0v) is 52.5. The molecule has 0 aromatic heterocycles. The summed E-state index contributed by atoms with van der Waals surface area (Å²) in [5, 5.41) is 41.6. The highest BCUT2D eigenvalue weighted by molar-refractivity contribution is 5.02. The molecular formula is C72H128N2O4. The van der Waals surface area contributed by atoms with Gasteiger partial charge in [0.1, 0.15) is 0 Å². The van der Waals surface area contributed by atoms with Crippen molar-refractivity contribution in [3.8, 4) is 0 Å². The summed E-state index contributed by atoms with van der Waals surface area (Å²) >= 11 is 0. The number of hydrogen-bond donors (Lipinski definition) is 4. The van der Waals surface area contributed by atoms with Crippen LogP contribution in [0, 0.1) is 80.8 Å². The Morgan fingerprint density at radius 3 is 0.474 bits per heavy atom. The van der Waals surface area contributed by atoms with Crippen LogP contribution in [-0.4, -0.2) is 90.9 Å². The third-order valence-electron chi connectivity index (χ3n) is 28.7. The summed E-state index contributed by atoms with van der Waals surface area (Å²) in [4.78, 5) is 6.58. The highest BCUT2D eigenvalue weighted by atomic mass is 16.3. The SMILES string of the molecule is CC(C)(C1CCC(O)CC1)C1CCC(N(C2CCC(C3CCC(N(C4CCC(C(C)(C)C5CCC(O)CC5)CC4)C4CCC(C(C)(C)C5CCC(O)CC5)CC4)CC3)CC2)C2CCC(C(C)(C)C3CCC(O)CC3)CC2)CC1. The van der Waals surface area contributed by atoms with Gasteiger partial charge in [-0.1, -0.05) is 55.4 Å². The Bertz CT molecular complexity index is 1530. The molecule has 0 aromatic carbocycles. The topological polar surface area (TPSA) is 87.4 Å². The monoisotopic (exact) mass is 1080 g/mol. The van der Waals surface area contributed by atoms with Gasteiger partial charge >= 0.3 is 0 Å². The van der Waals surface area contributed by atoms with Gasteiger partial charge < -0.3 is 20.4 Å². The molecule has 6 nitrogen and oxygen atoms in total. The Hall–Kier alpha value is -0.240. The molecule has 10 rings (SSSR count). The fraction of sp³-hybridized carbons (Fsp3) is 1.00. The summed E-state index contributed by atoms with van der Waals surface area (Å²) in [5.41, 5.74) is 1.55. The van der Waals surface area contributed by atoms with E-state index in [0.717, 1.165) is 147 Å². The molecule has 0 atom stereocenters. The number of aliphatic hydroxyl groups is 4. The fourth-order valence-electron chi connectivity index (χ4n) is 22.6. The van der Waals surface area contributed by atoms with Gasteiger partial charge in [0.2, 0.25) is 0 Å². The largest absolute Gasteiger partial charge is 0.393 e. The lowest BCUT2D eigenvalue weighted by atomic mass is 9.59. The average Bonchev–Trinajstić information content (AvgIpc) is 3.46. The molecule has 6 heteroatoms. The van der Waals surface area contributed by atoms with Gasteiger partial charge in [-0.15, -0.1) is 0 Å². The highest BCUT2D eigenvalue weighted by Crippen LogP contribution is 2.56. The Morgan fingerprint density at radius 1 is 0.192 bits per heavy atom. The van der Waals surface area contributed by atoms with Gasteiger partial charge in [0, 0.05) is 36.3 Å². The lowest BCUT2D eigenvalue weighted by Crippen LogP contribution is -2.55. The normalized spacial score (nSPS) is 43.6. The number of nitrogens with zero attached hydrogens (tertiary/aromatic N) is 2. The minimum Gasteiger partial charge on any atom is -0.393 e. The summed E-state index contributed by atoms with van der Waals surface area (Å²) in [6, 6.07) is 4.65. The van der Waals surface area contributed by atoms with E-state index < -0.39 is 0 Å². The zero-order valence-electron chi connectivity index (χ0n) is 52.5. The molecule has 0 aromatic rings. The van der Waals surface area contributed by atoms with Crippen molar-refractivity contribution >= 4 is 0 Å². The van der Waals surface area contributed by atoms with Gasteiger partial charge in [0.15, 0.2) is 0 Å². The van der Waals surface area contributed by atoms with Crippen molar-refractivity contribution in [2.45, 2.75) is 373 Å². The second-order valence-electron chi connectivity index (χ2n) is 33.4. The van der Waals surface area contributed by atoms with Crippen LogP contribution in [0.1, 0.15) is 312 Å². The maximum Gasteiger partial charge on any atom is 0.0540 e. The third kappa shape index (κ3) is 13.7. The van der Waals surface area contributed by atoms with Crippen molar-refractivity contribution < 1.29 is 20.4 Å². The minimum atomic E-state index is -0.0575. The maximum absolute atomic E-state index is 10.4. The van der Waals surface area contributed by atoms with Crippen LogP contribution in [0.25, 0.3) is 0 Å². The summed E-state index contributed by atoms with van der Waals surface area (Å²) in [6.45, 7) is 21.0.